The second-order valence-electron chi connectivity index (χ2n) is 4.07. The number of benzene rings is 2. The summed E-state index contributed by atoms with van der Waals surface area (Å²) < 4.78 is 5.38. The van der Waals surface area contributed by atoms with Gasteiger partial charge in [-0.15, -0.1) is 0 Å². The maximum Gasteiger partial charge on any atom is 0.185 e. The lowest BCUT2D eigenvalue weighted by Gasteiger charge is -2.03. The van der Waals surface area contributed by atoms with Crippen LogP contribution in [0.25, 0.3) is 6.08 Å². The van der Waals surface area contributed by atoms with Gasteiger partial charge in [0.2, 0.25) is 0 Å². The second kappa shape index (κ2) is 6.55. The molecule has 0 bridgehead atoms. The van der Waals surface area contributed by atoms with Crippen molar-refractivity contribution < 1.29 is 9.53 Å². The highest BCUT2D eigenvalue weighted by molar-refractivity contribution is 6.07. The zero-order chi connectivity index (χ0) is 13.5. The molecule has 2 nitrogen and oxygen atoms in total. The summed E-state index contributed by atoms with van der Waals surface area (Å²) >= 11 is 0. The van der Waals surface area contributed by atoms with Crippen LogP contribution in [0, 0.1) is 0 Å². The molecule has 0 aliphatic rings. The highest BCUT2D eigenvalue weighted by Gasteiger charge is 2.03. The molecule has 0 saturated heterocycles. The number of allylic oxidation sites excluding steroid dienone is 1. The van der Waals surface area contributed by atoms with E-state index < -0.39 is 0 Å². The van der Waals surface area contributed by atoms with E-state index in [-0.39, 0.29) is 5.78 Å². The molecule has 0 unspecified atom stereocenters. The third kappa shape index (κ3) is 3.81. The van der Waals surface area contributed by atoms with E-state index in [1.165, 1.54) is 0 Å². The molecule has 19 heavy (non-hydrogen) atoms. The van der Waals surface area contributed by atoms with Crippen molar-refractivity contribution in [3.05, 3.63) is 71.8 Å². The van der Waals surface area contributed by atoms with Gasteiger partial charge >= 0.3 is 0 Å². The van der Waals surface area contributed by atoms with Crippen LogP contribution in [-0.4, -0.2) is 12.4 Å². The van der Waals surface area contributed by atoms with Gasteiger partial charge in [0, 0.05) is 5.56 Å². The Bertz CT molecular complexity index is 571. The molecule has 2 aromatic carbocycles. The minimum absolute atomic E-state index is 0.0228. The summed E-state index contributed by atoms with van der Waals surface area (Å²) in [4.78, 5) is 12.0. The highest BCUT2D eigenvalue weighted by Crippen LogP contribution is 2.14. The van der Waals surface area contributed by atoms with Gasteiger partial charge in [-0.05, 0) is 30.7 Å². The Morgan fingerprint density at radius 2 is 1.89 bits per heavy atom. The molecule has 0 fully saturated rings. The normalized spacial score (nSPS) is 10.6. The zero-order valence-electron chi connectivity index (χ0n) is 10.9. The summed E-state index contributed by atoms with van der Waals surface area (Å²) in [6, 6.07) is 17.0. The topological polar surface area (TPSA) is 26.3 Å². The van der Waals surface area contributed by atoms with E-state index in [0.29, 0.717) is 12.2 Å². The molecule has 2 heteroatoms. The van der Waals surface area contributed by atoms with Crippen LogP contribution in [0.1, 0.15) is 22.8 Å². The van der Waals surface area contributed by atoms with Gasteiger partial charge in [0.1, 0.15) is 5.75 Å². The summed E-state index contributed by atoms with van der Waals surface area (Å²) in [6.45, 7) is 2.52. The lowest BCUT2D eigenvalue weighted by molar-refractivity contribution is 0.104. The molecule has 0 heterocycles. The Morgan fingerprint density at radius 3 is 2.63 bits per heavy atom. The lowest BCUT2D eigenvalue weighted by atomic mass is 10.1. The van der Waals surface area contributed by atoms with Crippen LogP contribution in [0.3, 0.4) is 0 Å². The SMILES string of the molecule is CCOc1cccc(C(=O)/C=C/c2ccccc2)c1. The van der Waals surface area contributed by atoms with E-state index in [1.54, 1.807) is 18.2 Å². The van der Waals surface area contributed by atoms with Crippen LogP contribution in [0.5, 0.6) is 5.75 Å². The summed E-state index contributed by atoms with van der Waals surface area (Å²) in [5, 5.41) is 0. The van der Waals surface area contributed by atoms with Crippen LogP contribution < -0.4 is 4.74 Å². The number of carbonyl (C=O) groups excluding carboxylic acids is 1. The van der Waals surface area contributed by atoms with E-state index in [1.807, 2.05) is 55.5 Å². The molecule has 0 N–H and O–H groups in total. The van der Waals surface area contributed by atoms with Gasteiger partial charge < -0.3 is 4.74 Å². The smallest absolute Gasteiger partial charge is 0.185 e. The fraction of sp³-hybridized carbons (Fsp3) is 0.118. The average molecular weight is 252 g/mol. The number of ether oxygens (including phenoxy) is 1. The van der Waals surface area contributed by atoms with Crippen molar-refractivity contribution in [3.8, 4) is 5.75 Å². The van der Waals surface area contributed by atoms with E-state index in [0.717, 1.165) is 11.3 Å². The van der Waals surface area contributed by atoms with Crippen molar-refractivity contribution in [1.82, 2.24) is 0 Å². The molecule has 0 atom stereocenters. The molecule has 0 saturated carbocycles. The quantitative estimate of drug-likeness (QED) is 0.594. The molecule has 2 aromatic rings. The Morgan fingerprint density at radius 1 is 1.11 bits per heavy atom. The van der Waals surface area contributed by atoms with Crippen molar-refractivity contribution in [2.75, 3.05) is 6.61 Å². The Hall–Kier alpha value is -2.35. The van der Waals surface area contributed by atoms with Gasteiger partial charge in [0.05, 0.1) is 6.61 Å². The van der Waals surface area contributed by atoms with Gasteiger partial charge in [0.15, 0.2) is 5.78 Å². The van der Waals surface area contributed by atoms with Crippen molar-refractivity contribution in [3.63, 3.8) is 0 Å². The third-order valence-corrected chi connectivity index (χ3v) is 2.66. The van der Waals surface area contributed by atoms with Gasteiger partial charge in [-0.2, -0.15) is 0 Å². The molecule has 2 rings (SSSR count). The van der Waals surface area contributed by atoms with Gasteiger partial charge in [-0.1, -0.05) is 48.5 Å². The van der Waals surface area contributed by atoms with Gasteiger partial charge in [0.25, 0.3) is 0 Å². The molecular formula is C17H16O2. The molecule has 0 aliphatic carbocycles. The molecule has 0 amide bonds. The van der Waals surface area contributed by atoms with Crippen LogP contribution in [-0.2, 0) is 0 Å². The monoisotopic (exact) mass is 252 g/mol. The van der Waals surface area contributed by atoms with Crippen molar-refractivity contribution in [1.29, 1.82) is 0 Å². The number of ketones is 1. The van der Waals surface area contributed by atoms with Crippen LogP contribution in [0.15, 0.2) is 60.7 Å². The Labute approximate surface area is 113 Å². The number of carbonyl (C=O) groups is 1. The van der Waals surface area contributed by atoms with Crippen LogP contribution in [0.2, 0.25) is 0 Å². The molecule has 0 aliphatic heterocycles. The van der Waals surface area contributed by atoms with Gasteiger partial charge in [-0.3, -0.25) is 4.79 Å². The first-order valence-electron chi connectivity index (χ1n) is 6.30. The second-order valence-corrected chi connectivity index (χ2v) is 4.07. The first-order valence-corrected chi connectivity index (χ1v) is 6.30. The van der Waals surface area contributed by atoms with Gasteiger partial charge in [-0.25, -0.2) is 0 Å². The fourth-order valence-corrected chi connectivity index (χ4v) is 1.74. The van der Waals surface area contributed by atoms with Crippen molar-refractivity contribution in [2.24, 2.45) is 0 Å². The Balaban J connectivity index is 2.11. The van der Waals surface area contributed by atoms with E-state index >= 15 is 0 Å². The highest BCUT2D eigenvalue weighted by atomic mass is 16.5. The van der Waals surface area contributed by atoms with E-state index in [2.05, 4.69) is 0 Å². The molecule has 0 aromatic heterocycles. The minimum atomic E-state index is -0.0228. The Kier molecular flexibility index (Phi) is 4.51. The molecule has 0 spiro atoms. The first-order chi connectivity index (χ1) is 9.29. The fourth-order valence-electron chi connectivity index (χ4n) is 1.74. The van der Waals surface area contributed by atoms with Crippen molar-refractivity contribution in [2.45, 2.75) is 6.92 Å². The summed E-state index contributed by atoms with van der Waals surface area (Å²) in [5.41, 5.74) is 1.65. The van der Waals surface area contributed by atoms with Crippen LogP contribution in [0.4, 0.5) is 0 Å². The first kappa shape index (κ1) is 13.1. The van der Waals surface area contributed by atoms with E-state index in [9.17, 15) is 4.79 Å². The molecular weight excluding hydrogens is 236 g/mol. The molecule has 96 valence electrons. The minimum Gasteiger partial charge on any atom is -0.494 e. The molecule has 0 radical (unpaired) electrons. The largest absolute Gasteiger partial charge is 0.494 e. The summed E-state index contributed by atoms with van der Waals surface area (Å²) in [5.74, 6) is 0.701. The standard InChI is InChI=1S/C17H16O2/c1-2-19-16-10-6-9-15(13-16)17(18)12-11-14-7-4-3-5-8-14/h3-13H,2H2,1H3/b12-11+. The predicted molar refractivity (Wildman–Crippen MR) is 77.4 cm³/mol. The predicted octanol–water partition coefficient (Wildman–Crippen LogP) is 3.98. The summed E-state index contributed by atoms with van der Waals surface area (Å²) in [6.07, 6.45) is 3.40. The third-order valence-electron chi connectivity index (χ3n) is 2.66. The van der Waals surface area contributed by atoms with Crippen molar-refractivity contribution >= 4 is 11.9 Å². The van der Waals surface area contributed by atoms with E-state index in [4.69, 9.17) is 4.74 Å². The maximum atomic E-state index is 12.0. The number of hydrogen-bond donors (Lipinski definition) is 0. The lowest BCUT2D eigenvalue weighted by Crippen LogP contribution is -1.96. The maximum absolute atomic E-state index is 12.0. The van der Waals surface area contributed by atoms with Crippen LogP contribution >= 0.6 is 0 Å². The zero-order valence-corrected chi connectivity index (χ0v) is 10.9. The average Bonchev–Trinajstić information content (AvgIpc) is 2.46. The summed E-state index contributed by atoms with van der Waals surface area (Å²) in [7, 11) is 0. The number of rotatable bonds is 5. The number of hydrogen-bond acceptors (Lipinski definition) is 2.